The Morgan fingerprint density at radius 3 is 2.63 bits per heavy atom. The number of hydrogen-bond acceptors (Lipinski definition) is 5. The first-order chi connectivity index (χ1) is 14.5. The number of carbonyl (C=O) groups is 2. The minimum Gasteiger partial charge on any atom is -0.507 e. The summed E-state index contributed by atoms with van der Waals surface area (Å²) in [5.41, 5.74) is 0.725. The summed E-state index contributed by atoms with van der Waals surface area (Å²) in [5, 5.41) is 11.0. The molecule has 2 aliphatic rings. The number of hydrogen-bond donors (Lipinski definition) is 1. The number of likely N-dealkylation sites (tertiary alicyclic amines) is 1. The fourth-order valence-electron chi connectivity index (χ4n) is 4.00. The number of rotatable bonds is 5. The molecule has 0 unspecified atom stereocenters. The summed E-state index contributed by atoms with van der Waals surface area (Å²) in [7, 11) is 1.52. The van der Waals surface area contributed by atoms with Crippen LogP contribution in [0, 0.1) is 5.82 Å². The van der Waals surface area contributed by atoms with Gasteiger partial charge in [0.05, 0.1) is 24.8 Å². The number of benzene rings is 2. The number of methoxy groups -OCH3 is 1. The van der Waals surface area contributed by atoms with Crippen LogP contribution in [-0.2, 0) is 14.3 Å². The predicted octanol–water partition coefficient (Wildman–Crippen LogP) is 3.44. The van der Waals surface area contributed by atoms with E-state index < -0.39 is 23.5 Å². The fraction of sp³-hybridized carbons (Fsp3) is 0.304. The highest BCUT2D eigenvalue weighted by Crippen LogP contribution is 2.40. The lowest BCUT2D eigenvalue weighted by molar-refractivity contribution is -0.140. The van der Waals surface area contributed by atoms with E-state index in [1.165, 1.54) is 30.2 Å². The first-order valence-electron chi connectivity index (χ1n) is 9.79. The molecule has 0 aliphatic carbocycles. The molecule has 1 N–H and O–H groups in total. The van der Waals surface area contributed by atoms with E-state index in [9.17, 15) is 19.1 Å². The number of aliphatic hydroxyl groups excluding tert-OH is 1. The average molecular weight is 411 g/mol. The van der Waals surface area contributed by atoms with Gasteiger partial charge in [0, 0.05) is 18.7 Å². The van der Waals surface area contributed by atoms with Gasteiger partial charge in [-0.25, -0.2) is 4.39 Å². The van der Waals surface area contributed by atoms with E-state index in [1.54, 1.807) is 30.3 Å². The Morgan fingerprint density at radius 1 is 1.23 bits per heavy atom. The zero-order valence-corrected chi connectivity index (χ0v) is 16.5. The van der Waals surface area contributed by atoms with Crippen LogP contribution in [0.2, 0.25) is 0 Å². The molecule has 4 rings (SSSR count). The summed E-state index contributed by atoms with van der Waals surface area (Å²) < 4.78 is 24.7. The maximum Gasteiger partial charge on any atom is 0.295 e. The highest BCUT2D eigenvalue weighted by atomic mass is 19.1. The van der Waals surface area contributed by atoms with Gasteiger partial charge < -0.3 is 19.5 Å². The van der Waals surface area contributed by atoms with Gasteiger partial charge in [0.15, 0.2) is 0 Å². The fourth-order valence-corrected chi connectivity index (χ4v) is 4.00. The summed E-state index contributed by atoms with van der Waals surface area (Å²) in [4.78, 5) is 27.2. The Labute approximate surface area is 173 Å². The molecule has 0 aromatic heterocycles. The summed E-state index contributed by atoms with van der Waals surface area (Å²) in [6, 6.07) is 11.3. The highest BCUT2D eigenvalue weighted by Gasteiger charge is 2.47. The van der Waals surface area contributed by atoms with Gasteiger partial charge in [0.25, 0.3) is 11.7 Å². The first kappa shape index (κ1) is 20.1. The van der Waals surface area contributed by atoms with Crippen molar-refractivity contribution in [2.75, 3.05) is 20.3 Å². The molecule has 0 saturated carbocycles. The molecular weight excluding hydrogens is 389 g/mol. The van der Waals surface area contributed by atoms with Crippen molar-refractivity contribution >= 4 is 17.4 Å². The van der Waals surface area contributed by atoms with Gasteiger partial charge in [-0.05, 0) is 54.8 Å². The van der Waals surface area contributed by atoms with E-state index in [-0.39, 0.29) is 24.0 Å². The lowest BCUT2D eigenvalue weighted by Crippen LogP contribution is -2.36. The van der Waals surface area contributed by atoms with Crippen molar-refractivity contribution in [1.82, 2.24) is 4.90 Å². The lowest BCUT2D eigenvalue weighted by Gasteiger charge is -2.27. The molecule has 2 atom stereocenters. The van der Waals surface area contributed by atoms with Crippen molar-refractivity contribution in [3.05, 3.63) is 71.0 Å². The summed E-state index contributed by atoms with van der Waals surface area (Å²) >= 11 is 0. The lowest BCUT2D eigenvalue weighted by atomic mass is 9.95. The molecule has 2 aromatic rings. The van der Waals surface area contributed by atoms with Crippen LogP contribution in [0.15, 0.2) is 54.1 Å². The molecule has 2 fully saturated rings. The van der Waals surface area contributed by atoms with Crippen LogP contribution in [0.4, 0.5) is 4.39 Å². The van der Waals surface area contributed by atoms with E-state index in [2.05, 4.69) is 0 Å². The molecule has 156 valence electrons. The number of amides is 1. The predicted molar refractivity (Wildman–Crippen MR) is 107 cm³/mol. The Morgan fingerprint density at radius 2 is 2.00 bits per heavy atom. The molecule has 2 saturated heterocycles. The second kappa shape index (κ2) is 8.28. The zero-order chi connectivity index (χ0) is 21.3. The third kappa shape index (κ3) is 3.68. The number of nitrogens with zero attached hydrogens (tertiary/aromatic N) is 1. The SMILES string of the molecule is COc1ccc(C(O)=C2C(=O)C(=O)N(C[C@@H]3CCCO3)[C@@H]2c2cccc(F)c2)cc1. The molecule has 7 heteroatoms. The van der Waals surface area contributed by atoms with Crippen LogP contribution >= 0.6 is 0 Å². The molecule has 6 nitrogen and oxygen atoms in total. The molecule has 2 aromatic carbocycles. The zero-order valence-electron chi connectivity index (χ0n) is 16.5. The average Bonchev–Trinajstić information content (AvgIpc) is 3.36. The van der Waals surface area contributed by atoms with Crippen molar-refractivity contribution < 1.29 is 28.6 Å². The van der Waals surface area contributed by atoms with Crippen molar-refractivity contribution in [2.24, 2.45) is 0 Å². The van der Waals surface area contributed by atoms with Crippen LogP contribution in [0.3, 0.4) is 0 Å². The quantitative estimate of drug-likeness (QED) is 0.463. The minimum atomic E-state index is -0.896. The molecule has 2 aliphatic heterocycles. The van der Waals surface area contributed by atoms with Gasteiger partial charge in [-0.3, -0.25) is 9.59 Å². The second-order valence-corrected chi connectivity index (χ2v) is 7.37. The summed E-state index contributed by atoms with van der Waals surface area (Å²) in [5.74, 6) is -1.72. The molecule has 0 spiro atoms. The Bertz CT molecular complexity index is 995. The highest BCUT2D eigenvalue weighted by molar-refractivity contribution is 6.46. The van der Waals surface area contributed by atoms with E-state index in [4.69, 9.17) is 9.47 Å². The molecular formula is C23H22FNO5. The van der Waals surface area contributed by atoms with Gasteiger partial charge in [-0.1, -0.05) is 12.1 Å². The third-order valence-electron chi connectivity index (χ3n) is 5.49. The number of halogens is 1. The smallest absolute Gasteiger partial charge is 0.295 e. The van der Waals surface area contributed by atoms with Gasteiger partial charge in [-0.2, -0.15) is 0 Å². The van der Waals surface area contributed by atoms with Crippen LogP contribution in [0.1, 0.15) is 30.0 Å². The van der Waals surface area contributed by atoms with Crippen molar-refractivity contribution in [2.45, 2.75) is 25.0 Å². The van der Waals surface area contributed by atoms with Gasteiger partial charge in [0.1, 0.15) is 17.3 Å². The number of Topliss-reactive ketones (excluding diaryl/α,β-unsaturated/α-hetero) is 1. The van der Waals surface area contributed by atoms with Gasteiger partial charge >= 0.3 is 0 Å². The van der Waals surface area contributed by atoms with E-state index in [1.807, 2.05) is 0 Å². The van der Waals surface area contributed by atoms with Crippen LogP contribution in [0.5, 0.6) is 5.75 Å². The van der Waals surface area contributed by atoms with Crippen molar-refractivity contribution in [3.63, 3.8) is 0 Å². The van der Waals surface area contributed by atoms with E-state index in [0.29, 0.717) is 23.5 Å². The molecule has 2 heterocycles. The first-order valence-corrected chi connectivity index (χ1v) is 9.79. The third-order valence-corrected chi connectivity index (χ3v) is 5.49. The Hall–Kier alpha value is -3.19. The van der Waals surface area contributed by atoms with Gasteiger partial charge in [-0.15, -0.1) is 0 Å². The largest absolute Gasteiger partial charge is 0.507 e. The summed E-state index contributed by atoms with van der Waals surface area (Å²) in [6.45, 7) is 0.802. The minimum absolute atomic E-state index is 0.0613. The molecule has 0 bridgehead atoms. The van der Waals surface area contributed by atoms with E-state index >= 15 is 0 Å². The van der Waals surface area contributed by atoms with Crippen molar-refractivity contribution in [3.8, 4) is 5.75 Å². The second-order valence-electron chi connectivity index (χ2n) is 7.37. The van der Waals surface area contributed by atoms with Gasteiger partial charge in [0.2, 0.25) is 0 Å². The Kier molecular flexibility index (Phi) is 5.55. The number of ketones is 1. The van der Waals surface area contributed by atoms with E-state index in [0.717, 1.165) is 12.8 Å². The maximum absolute atomic E-state index is 14.0. The van der Waals surface area contributed by atoms with Crippen molar-refractivity contribution in [1.29, 1.82) is 0 Å². The number of aliphatic hydroxyl groups is 1. The number of ether oxygens (including phenoxy) is 2. The standard InChI is InChI=1S/C23H22FNO5/c1-29-17-9-7-14(8-10-17)21(26)19-20(15-4-2-5-16(24)12-15)25(23(28)22(19)27)13-18-6-3-11-30-18/h2,4-5,7-10,12,18,20,26H,3,6,11,13H2,1H3/t18-,20+/m0/s1. The number of carbonyl (C=O) groups excluding carboxylic acids is 2. The molecule has 30 heavy (non-hydrogen) atoms. The Balaban J connectivity index is 1.81. The van der Waals surface area contributed by atoms with Crippen LogP contribution in [0.25, 0.3) is 5.76 Å². The normalized spacial score (nSPS) is 23.2. The van der Waals surface area contributed by atoms with Crippen LogP contribution in [-0.4, -0.2) is 48.1 Å². The monoisotopic (exact) mass is 411 g/mol. The maximum atomic E-state index is 14.0. The molecule has 1 amide bonds. The molecule has 0 radical (unpaired) electrons. The van der Waals surface area contributed by atoms with Crippen LogP contribution < -0.4 is 4.74 Å². The topological polar surface area (TPSA) is 76.1 Å². The summed E-state index contributed by atoms with van der Waals surface area (Å²) in [6.07, 6.45) is 1.46.